The van der Waals surface area contributed by atoms with Crippen LogP contribution in [0.2, 0.25) is 0 Å². The van der Waals surface area contributed by atoms with E-state index in [0.717, 1.165) is 24.5 Å². The van der Waals surface area contributed by atoms with Crippen LogP contribution in [0.1, 0.15) is 38.2 Å². The van der Waals surface area contributed by atoms with Gasteiger partial charge >= 0.3 is 0 Å². The molecule has 76 valence electrons. The highest BCUT2D eigenvalue weighted by Crippen LogP contribution is 2.18. The highest BCUT2D eigenvalue weighted by atomic mass is 16.1. The Labute approximate surface area is 83.8 Å². The maximum Gasteiger partial charge on any atom is 0.253 e. The second kappa shape index (κ2) is 3.23. The molecule has 0 aromatic carbocycles. The molecule has 14 heavy (non-hydrogen) atoms. The van der Waals surface area contributed by atoms with E-state index < -0.39 is 0 Å². The lowest BCUT2D eigenvalue weighted by molar-refractivity contribution is 0.556. The van der Waals surface area contributed by atoms with Gasteiger partial charge in [0.2, 0.25) is 0 Å². The lowest BCUT2D eigenvalue weighted by Crippen LogP contribution is -2.21. The zero-order valence-corrected chi connectivity index (χ0v) is 8.95. The van der Waals surface area contributed by atoms with E-state index in [1.165, 1.54) is 0 Å². The molecule has 0 N–H and O–H groups in total. The Bertz CT molecular complexity index is 406. The fourth-order valence-corrected chi connectivity index (χ4v) is 1.91. The van der Waals surface area contributed by atoms with Crippen molar-refractivity contribution in [2.75, 3.05) is 0 Å². The van der Waals surface area contributed by atoms with Crippen LogP contribution in [0.15, 0.2) is 10.9 Å². The second-order valence-electron chi connectivity index (χ2n) is 4.51. The third-order valence-electron chi connectivity index (χ3n) is 2.72. The van der Waals surface area contributed by atoms with E-state index in [0.29, 0.717) is 11.8 Å². The average molecular weight is 192 g/mol. The van der Waals surface area contributed by atoms with E-state index in [1.54, 1.807) is 10.6 Å². The first kappa shape index (κ1) is 9.44. The van der Waals surface area contributed by atoms with Gasteiger partial charge in [0.25, 0.3) is 5.56 Å². The monoisotopic (exact) mass is 192 g/mol. The summed E-state index contributed by atoms with van der Waals surface area (Å²) in [5.74, 6) is 1.86. The molecule has 1 atom stereocenters. The minimum atomic E-state index is 0.114. The molecule has 1 aromatic rings. The summed E-state index contributed by atoms with van der Waals surface area (Å²) in [6.07, 6.45) is 0.940. The van der Waals surface area contributed by atoms with Crippen LogP contribution in [0.3, 0.4) is 0 Å². The van der Waals surface area contributed by atoms with Crippen molar-refractivity contribution in [1.82, 2.24) is 9.55 Å². The highest BCUT2D eigenvalue weighted by molar-refractivity contribution is 5.11. The topological polar surface area (TPSA) is 34.9 Å². The molecule has 1 aliphatic rings. The molecule has 0 unspecified atom stereocenters. The molecule has 0 spiro atoms. The Morgan fingerprint density at radius 3 is 2.93 bits per heavy atom. The van der Waals surface area contributed by atoms with Gasteiger partial charge in [0.1, 0.15) is 5.82 Å². The van der Waals surface area contributed by atoms with Crippen molar-refractivity contribution in [3.05, 3.63) is 27.9 Å². The van der Waals surface area contributed by atoms with Crippen LogP contribution in [0.4, 0.5) is 0 Å². The van der Waals surface area contributed by atoms with Crippen LogP contribution in [0.5, 0.6) is 0 Å². The summed E-state index contributed by atoms with van der Waals surface area (Å²) in [5.41, 5.74) is 1.04. The standard InChI is InChI=1S/C11H16N2O/c1-7(2)9-5-11(14)13-6-8(3)4-10(13)12-9/h5,7-8H,4,6H2,1-3H3/t8-/m1/s1. The minimum absolute atomic E-state index is 0.114. The van der Waals surface area contributed by atoms with Gasteiger partial charge in [-0.05, 0) is 11.8 Å². The average Bonchev–Trinajstić information content (AvgIpc) is 2.45. The first-order valence-corrected chi connectivity index (χ1v) is 5.18. The van der Waals surface area contributed by atoms with Gasteiger partial charge in [-0.25, -0.2) is 4.98 Å². The van der Waals surface area contributed by atoms with Crippen molar-refractivity contribution in [3.8, 4) is 0 Å². The van der Waals surface area contributed by atoms with Crippen LogP contribution in [0, 0.1) is 5.92 Å². The van der Waals surface area contributed by atoms with Crippen molar-refractivity contribution in [1.29, 1.82) is 0 Å². The quantitative estimate of drug-likeness (QED) is 0.676. The predicted molar refractivity (Wildman–Crippen MR) is 55.5 cm³/mol. The summed E-state index contributed by atoms with van der Waals surface area (Å²) < 4.78 is 1.80. The van der Waals surface area contributed by atoms with Crippen molar-refractivity contribution >= 4 is 0 Å². The zero-order valence-electron chi connectivity index (χ0n) is 8.95. The molecule has 0 radical (unpaired) electrons. The molecule has 1 aliphatic heterocycles. The number of hydrogen-bond acceptors (Lipinski definition) is 2. The van der Waals surface area contributed by atoms with Gasteiger partial charge in [0.05, 0.1) is 5.69 Å². The van der Waals surface area contributed by atoms with E-state index in [2.05, 4.69) is 25.8 Å². The molecular weight excluding hydrogens is 176 g/mol. The van der Waals surface area contributed by atoms with Gasteiger partial charge in [-0.3, -0.25) is 9.36 Å². The Kier molecular flexibility index (Phi) is 2.17. The first-order chi connectivity index (χ1) is 6.58. The SMILES string of the molecule is CC(C)c1cc(=O)n2c(n1)C[C@@H](C)C2. The third-order valence-corrected chi connectivity index (χ3v) is 2.72. The Morgan fingerprint density at radius 1 is 1.57 bits per heavy atom. The smallest absolute Gasteiger partial charge is 0.253 e. The highest BCUT2D eigenvalue weighted by Gasteiger charge is 2.20. The molecule has 0 fully saturated rings. The van der Waals surface area contributed by atoms with E-state index >= 15 is 0 Å². The molecule has 0 bridgehead atoms. The summed E-state index contributed by atoms with van der Waals surface area (Å²) in [4.78, 5) is 16.2. The lowest BCUT2D eigenvalue weighted by Gasteiger charge is -2.07. The molecule has 2 rings (SSSR count). The summed E-state index contributed by atoms with van der Waals surface area (Å²) in [7, 11) is 0. The Balaban J connectivity index is 2.51. The number of nitrogens with zero attached hydrogens (tertiary/aromatic N) is 2. The molecule has 3 heteroatoms. The van der Waals surface area contributed by atoms with E-state index in [9.17, 15) is 4.79 Å². The number of rotatable bonds is 1. The number of fused-ring (bicyclic) bond motifs is 1. The molecule has 0 saturated heterocycles. The summed E-state index contributed by atoms with van der Waals surface area (Å²) >= 11 is 0. The molecule has 0 aliphatic carbocycles. The number of aromatic nitrogens is 2. The normalized spacial score (nSPS) is 20.1. The molecule has 1 aromatic heterocycles. The van der Waals surface area contributed by atoms with Crippen molar-refractivity contribution in [2.45, 2.75) is 39.7 Å². The van der Waals surface area contributed by atoms with Gasteiger partial charge < -0.3 is 0 Å². The molecular formula is C11H16N2O. The fourth-order valence-electron chi connectivity index (χ4n) is 1.91. The van der Waals surface area contributed by atoms with Crippen LogP contribution < -0.4 is 5.56 Å². The van der Waals surface area contributed by atoms with Crippen LogP contribution >= 0.6 is 0 Å². The fraction of sp³-hybridized carbons (Fsp3) is 0.636. The number of hydrogen-bond donors (Lipinski definition) is 0. The van der Waals surface area contributed by atoms with E-state index in [1.807, 2.05) is 0 Å². The zero-order chi connectivity index (χ0) is 10.3. The minimum Gasteiger partial charge on any atom is -0.296 e. The van der Waals surface area contributed by atoms with Gasteiger partial charge in [0, 0.05) is 19.0 Å². The summed E-state index contributed by atoms with van der Waals surface area (Å²) in [5, 5.41) is 0. The van der Waals surface area contributed by atoms with Gasteiger partial charge in [-0.15, -0.1) is 0 Å². The lowest BCUT2D eigenvalue weighted by atomic mass is 10.1. The van der Waals surface area contributed by atoms with Crippen LogP contribution in [-0.4, -0.2) is 9.55 Å². The summed E-state index contributed by atoms with van der Waals surface area (Å²) in [6, 6.07) is 1.67. The van der Waals surface area contributed by atoms with Gasteiger partial charge in [-0.2, -0.15) is 0 Å². The molecule has 0 saturated carbocycles. The van der Waals surface area contributed by atoms with Crippen LogP contribution in [0.25, 0.3) is 0 Å². The Morgan fingerprint density at radius 2 is 2.29 bits per heavy atom. The maximum absolute atomic E-state index is 11.7. The maximum atomic E-state index is 11.7. The molecule has 2 heterocycles. The summed E-state index contributed by atoms with van der Waals surface area (Å²) in [6.45, 7) is 7.12. The third kappa shape index (κ3) is 1.47. The van der Waals surface area contributed by atoms with E-state index in [4.69, 9.17) is 0 Å². The Hall–Kier alpha value is -1.12. The first-order valence-electron chi connectivity index (χ1n) is 5.18. The largest absolute Gasteiger partial charge is 0.296 e. The predicted octanol–water partition coefficient (Wildman–Crippen LogP) is 1.56. The van der Waals surface area contributed by atoms with Crippen molar-refractivity contribution in [3.63, 3.8) is 0 Å². The molecule has 0 amide bonds. The van der Waals surface area contributed by atoms with E-state index in [-0.39, 0.29) is 5.56 Å². The van der Waals surface area contributed by atoms with Gasteiger partial charge in [-0.1, -0.05) is 20.8 Å². The van der Waals surface area contributed by atoms with Crippen molar-refractivity contribution in [2.24, 2.45) is 5.92 Å². The van der Waals surface area contributed by atoms with Crippen LogP contribution in [-0.2, 0) is 13.0 Å². The molecule has 3 nitrogen and oxygen atoms in total. The second-order valence-corrected chi connectivity index (χ2v) is 4.51. The van der Waals surface area contributed by atoms with Gasteiger partial charge in [0.15, 0.2) is 0 Å². The van der Waals surface area contributed by atoms with Crippen molar-refractivity contribution < 1.29 is 0 Å².